The summed E-state index contributed by atoms with van der Waals surface area (Å²) in [7, 11) is 0. The first-order chi connectivity index (χ1) is 9.61. The molecule has 1 unspecified atom stereocenters. The minimum Gasteiger partial charge on any atom is -0.386 e. The molecule has 2 rings (SSSR count). The topological polar surface area (TPSA) is 58.0 Å². The van der Waals surface area contributed by atoms with Crippen molar-refractivity contribution in [1.29, 1.82) is 0 Å². The van der Waals surface area contributed by atoms with Crippen molar-refractivity contribution < 1.29 is 5.11 Å². The first-order valence-electron chi connectivity index (χ1n) is 5.85. The van der Waals surface area contributed by atoms with Crippen molar-refractivity contribution in [3.8, 4) is 0 Å². The standard InChI is InChI=1S/C13H13Cl2N3OS/c1-20-12-6-5-11(17-18-12)16-7-10(19)13-8(14)3-2-4-9(13)15/h2-6,10,19H,7H2,1H3,(H,16,17). The van der Waals surface area contributed by atoms with Crippen LogP contribution in [0.25, 0.3) is 0 Å². The van der Waals surface area contributed by atoms with E-state index in [0.717, 1.165) is 5.03 Å². The zero-order valence-electron chi connectivity index (χ0n) is 10.7. The van der Waals surface area contributed by atoms with Crippen molar-refractivity contribution in [1.82, 2.24) is 10.2 Å². The molecule has 0 aliphatic carbocycles. The number of hydrogen-bond acceptors (Lipinski definition) is 5. The highest BCUT2D eigenvalue weighted by Crippen LogP contribution is 2.30. The van der Waals surface area contributed by atoms with Gasteiger partial charge in [0, 0.05) is 22.2 Å². The predicted octanol–water partition coefficient (Wildman–Crippen LogP) is 3.65. The van der Waals surface area contributed by atoms with Gasteiger partial charge in [0.15, 0.2) is 0 Å². The van der Waals surface area contributed by atoms with E-state index < -0.39 is 6.10 Å². The number of nitrogens with one attached hydrogen (secondary N) is 1. The molecule has 0 aliphatic rings. The third-order valence-corrected chi connectivity index (χ3v) is 3.95. The third kappa shape index (κ3) is 3.76. The highest BCUT2D eigenvalue weighted by Gasteiger charge is 2.15. The van der Waals surface area contributed by atoms with Gasteiger partial charge in [0.25, 0.3) is 0 Å². The maximum absolute atomic E-state index is 10.2. The van der Waals surface area contributed by atoms with Crippen LogP contribution < -0.4 is 5.32 Å². The first-order valence-corrected chi connectivity index (χ1v) is 7.83. The lowest BCUT2D eigenvalue weighted by atomic mass is 10.1. The Morgan fingerprint density at radius 1 is 1.20 bits per heavy atom. The van der Waals surface area contributed by atoms with Gasteiger partial charge in [-0.15, -0.1) is 22.0 Å². The lowest BCUT2D eigenvalue weighted by Crippen LogP contribution is -2.14. The second kappa shape index (κ2) is 7.13. The highest BCUT2D eigenvalue weighted by atomic mass is 35.5. The average molecular weight is 330 g/mol. The van der Waals surface area contributed by atoms with Gasteiger partial charge < -0.3 is 10.4 Å². The molecule has 0 fully saturated rings. The lowest BCUT2D eigenvalue weighted by molar-refractivity contribution is 0.191. The Kier molecular flexibility index (Phi) is 5.48. The lowest BCUT2D eigenvalue weighted by Gasteiger charge is -2.15. The Labute approximate surface area is 131 Å². The molecular weight excluding hydrogens is 317 g/mol. The number of halogens is 2. The minimum absolute atomic E-state index is 0.247. The van der Waals surface area contributed by atoms with Crippen LogP contribution in [0.15, 0.2) is 35.4 Å². The number of rotatable bonds is 5. The fourth-order valence-electron chi connectivity index (χ4n) is 1.66. The van der Waals surface area contributed by atoms with E-state index in [0.29, 0.717) is 21.4 Å². The fourth-order valence-corrected chi connectivity index (χ4v) is 2.63. The molecule has 2 aromatic rings. The highest BCUT2D eigenvalue weighted by molar-refractivity contribution is 7.98. The van der Waals surface area contributed by atoms with Gasteiger partial charge >= 0.3 is 0 Å². The largest absolute Gasteiger partial charge is 0.386 e. The Bertz CT molecular complexity index is 560. The molecule has 0 bridgehead atoms. The van der Waals surface area contributed by atoms with Crippen LogP contribution in [0.5, 0.6) is 0 Å². The number of aliphatic hydroxyl groups is 1. The summed E-state index contributed by atoms with van der Waals surface area (Å²) in [5, 5.41) is 22.9. The Morgan fingerprint density at radius 2 is 1.90 bits per heavy atom. The van der Waals surface area contributed by atoms with Gasteiger partial charge in [-0.1, -0.05) is 29.3 Å². The maximum atomic E-state index is 10.2. The van der Waals surface area contributed by atoms with Crippen molar-refractivity contribution in [2.24, 2.45) is 0 Å². The smallest absolute Gasteiger partial charge is 0.148 e. The molecule has 0 aliphatic heterocycles. The van der Waals surface area contributed by atoms with Crippen LogP contribution in [0, 0.1) is 0 Å². The summed E-state index contributed by atoms with van der Waals surface area (Å²) >= 11 is 13.6. The molecule has 1 aromatic carbocycles. The van der Waals surface area contributed by atoms with Crippen molar-refractivity contribution in [2.75, 3.05) is 18.1 Å². The molecule has 7 heteroatoms. The zero-order valence-corrected chi connectivity index (χ0v) is 13.0. The summed E-state index contributed by atoms with van der Waals surface area (Å²) in [5.74, 6) is 0.588. The Morgan fingerprint density at radius 3 is 2.45 bits per heavy atom. The fraction of sp³-hybridized carbons (Fsp3) is 0.231. The van der Waals surface area contributed by atoms with E-state index in [4.69, 9.17) is 23.2 Å². The monoisotopic (exact) mass is 329 g/mol. The van der Waals surface area contributed by atoms with Gasteiger partial charge in [-0.2, -0.15) is 0 Å². The Balaban J connectivity index is 2.02. The van der Waals surface area contributed by atoms with E-state index in [1.165, 1.54) is 11.8 Å². The molecule has 1 aromatic heterocycles. The molecule has 1 atom stereocenters. The number of anilines is 1. The summed E-state index contributed by atoms with van der Waals surface area (Å²) in [6.07, 6.45) is 1.11. The normalized spacial score (nSPS) is 12.2. The number of aliphatic hydroxyl groups excluding tert-OH is 1. The molecule has 2 N–H and O–H groups in total. The molecular formula is C13H13Cl2N3OS. The number of aromatic nitrogens is 2. The van der Waals surface area contributed by atoms with Crippen LogP contribution in [0.4, 0.5) is 5.82 Å². The summed E-state index contributed by atoms with van der Waals surface area (Å²) in [4.78, 5) is 0. The first kappa shape index (κ1) is 15.4. The van der Waals surface area contributed by atoms with E-state index >= 15 is 0 Å². The van der Waals surface area contributed by atoms with Gasteiger partial charge in [-0.25, -0.2) is 0 Å². The Hall–Kier alpha value is -1.01. The van der Waals surface area contributed by atoms with E-state index in [1.54, 1.807) is 24.3 Å². The quantitative estimate of drug-likeness (QED) is 0.820. The molecule has 4 nitrogen and oxygen atoms in total. The molecule has 106 valence electrons. The van der Waals surface area contributed by atoms with Gasteiger partial charge in [0.2, 0.25) is 0 Å². The molecule has 1 heterocycles. The second-order valence-corrected chi connectivity index (χ2v) is 5.63. The summed E-state index contributed by atoms with van der Waals surface area (Å²) < 4.78 is 0. The molecule has 20 heavy (non-hydrogen) atoms. The molecule has 0 saturated heterocycles. The molecule has 0 saturated carbocycles. The van der Waals surface area contributed by atoms with E-state index in [2.05, 4.69) is 15.5 Å². The maximum Gasteiger partial charge on any atom is 0.148 e. The van der Waals surface area contributed by atoms with Crippen molar-refractivity contribution in [2.45, 2.75) is 11.1 Å². The second-order valence-electron chi connectivity index (χ2n) is 3.99. The number of nitrogens with zero attached hydrogens (tertiary/aromatic N) is 2. The van der Waals surface area contributed by atoms with Crippen LogP contribution in [-0.4, -0.2) is 28.1 Å². The number of thioether (sulfide) groups is 1. The van der Waals surface area contributed by atoms with Crippen LogP contribution in [0.1, 0.15) is 11.7 Å². The zero-order chi connectivity index (χ0) is 14.5. The van der Waals surface area contributed by atoms with Gasteiger partial charge in [0.05, 0.1) is 6.10 Å². The third-order valence-electron chi connectivity index (χ3n) is 2.66. The average Bonchev–Trinajstić information content (AvgIpc) is 2.45. The van der Waals surface area contributed by atoms with Gasteiger partial charge in [-0.3, -0.25) is 0 Å². The van der Waals surface area contributed by atoms with E-state index in [-0.39, 0.29) is 6.54 Å². The van der Waals surface area contributed by atoms with Gasteiger partial charge in [0.1, 0.15) is 10.8 Å². The number of hydrogen-bond donors (Lipinski definition) is 2. The molecule has 0 radical (unpaired) electrons. The molecule has 0 spiro atoms. The predicted molar refractivity (Wildman–Crippen MR) is 83.7 cm³/mol. The van der Waals surface area contributed by atoms with E-state index in [9.17, 15) is 5.11 Å². The summed E-state index contributed by atoms with van der Waals surface area (Å²) in [6.45, 7) is 0.247. The van der Waals surface area contributed by atoms with Crippen LogP contribution in [0.3, 0.4) is 0 Å². The summed E-state index contributed by atoms with van der Waals surface area (Å²) in [5.41, 5.74) is 0.511. The SMILES string of the molecule is CSc1ccc(NCC(O)c2c(Cl)cccc2Cl)nn1. The van der Waals surface area contributed by atoms with Crippen LogP contribution in [0.2, 0.25) is 10.0 Å². The van der Waals surface area contributed by atoms with Crippen molar-refractivity contribution >= 4 is 40.8 Å². The van der Waals surface area contributed by atoms with Gasteiger partial charge in [-0.05, 0) is 30.5 Å². The van der Waals surface area contributed by atoms with Crippen molar-refractivity contribution in [3.05, 3.63) is 45.9 Å². The minimum atomic E-state index is -0.821. The van der Waals surface area contributed by atoms with Crippen molar-refractivity contribution in [3.63, 3.8) is 0 Å². The van der Waals surface area contributed by atoms with E-state index in [1.807, 2.05) is 12.3 Å². The number of benzene rings is 1. The molecule has 0 amide bonds. The van der Waals surface area contributed by atoms with Crippen LogP contribution in [-0.2, 0) is 0 Å². The van der Waals surface area contributed by atoms with Crippen LogP contribution >= 0.6 is 35.0 Å². The summed E-state index contributed by atoms with van der Waals surface area (Å²) in [6, 6.07) is 8.79.